The number of alkyl carbamates (subject to hydrolysis) is 1. The number of benzene rings is 1. The first kappa shape index (κ1) is 27.7. The lowest BCUT2D eigenvalue weighted by molar-refractivity contribution is -0.141. The highest BCUT2D eigenvalue weighted by Crippen LogP contribution is 2.31. The van der Waals surface area contributed by atoms with Gasteiger partial charge in [-0.2, -0.15) is 13.2 Å². The second-order valence-electron chi connectivity index (χ2n) is 8.36. The Morgan fingerprint density at radius 2 is 1.71 bits per heavy atom. The first-order valence-corrected chi connectivity index (χ1v) is 11.2. The van der Waals surface area contributed by atoms with Crippen LogP contribution in [0.3, 0.4) is 0 Å². The maximum atomic E-state index is 13.4. The minimum atomic E-state index is -4.72. The van der Waals surface area contributed by atoms with E-state index < -0.39 is 23.6 Å². The molecule has 0 radical (unpaired) electrons. The molecule has 0 bridgehead atoms. The standard InChI is InChI=1S/C23H24F3N3O4.C2H6/c1-22(2,3)33-21(31)27-14-15-11-18(23(24,25)26)28-19(12-15)32-17-8-6-7-16(13-17)20(30)29-9-4-5-10-29;1-2/h4-8,11-13H,9-10,14H2,1-3H3,(H,27,31);1-2H3. The molecular weight excluding hydrogens is 463 g/mol. The van der Waals surface area contributed by atoms with Crippen molar-refractivity contribution >= 4 is 12.0 Å². The molecule has 35 heavy (non-hydrogen) atoms. The van der Waals surface area contributed by atoms with Gasteiger partial charge in [0.05, 0.1) is 0 Å². The number of carbonyl (C=O) groups is 2. The molecule has 7 nitrogen and oxygen atoms in total. The zero-order valence-corrected chi connectivity index (χ0v) is 20.4. The van der Waals surface area contributed by atoms with E-state index >= 15 is 0 Å². The number of amides is 2. The van der Waals surface area contributed by atoms with Crippen molar-refractivity contribution in [3.8, 4) is 11.6 Å². The van der Waals surface area contributed by atoms with E-state index in [1.807, 2.05) is 26.0 Å². The van der Waals surface area contributed by atoms with Gasteiger partial charge in [-0.05, 0) is 50.6 Å². The van der Waals surface area contributed by atoms with E-state index in [1.165, 1.54) is 18.2 Å². The highest BCUT2D eigenvalue weighted by molar-refractivity contribution is 5.95. The molecule has 0 spiro atoms. The molecule has 1 aliphatic heterocycles. The van der Waals surface area contributed by atoms with Crippen LogP contribution in [0.1, 0.15) is 56.2 Å². The topological polar surface area (TPSA) is 80.8 Å². The fourth-order valence-electron chi connectivity index (χ4n) is 2.99. The molecule has 0 unspecified atom stereocenters. The second-order valence-corrected chi connectivity index (χ2v) is 8.36. The third-order valence-corrected chi connectivity index (χ3v) is 4.40. The summed E-state index contributed by atoms with van der Waals surface area (Å²) in [5.41, 5.74) is -1.46. The normalized spacial score (nSPS) is 13.1. The molecule has 1 N–H and O–H groups in total. The number of rotatable bonds is 5. The van der Waals surface area contributed by atoms with Crippen molar-refractivity contribution in [1.29, 1.82) is 0 Å². The van der Waals surface area contributed by atoms with Crippen molar-refractivity contribution in [2.24, 2.45) is 0 Å². The van der Waals surface area contributed by atoms with Crippen molar-refractivity contribution in [1.82, 2.24) is 15.2 Å². The Morgan fingerprint density at radius 3 is 2.31 bits per heavy atom. The van der Waals surface area contributed by atoms with Crippen molar-refractivity contribution in [2.75, 3.05) is 13.1 Å². The van der Waals surface area contributed by atoms with E-state index in [4.69, 9.17) is 9.47 Å². The van der Waals surface area contributed by atoms with Crippen LogP contribution >= 0.6 is 0 Å². The van der Waals surface area contributed by atoms with Crippen molar-refractivity contribution in [2.45, 2.75) is 52.9 Å². The van der Waals surface area contributed by atoms with Gasteiger partial charge < -0.3 is 19.7 Å². The summed E-state index contributed by atoms with van der Waals surface area (Å²) in [7, 11) is 0. The third kappa shape index (κ3) is 8.62. The predicted octanol–water partition coefficient (Wildman–Crippen LogP) is 5.96. The smallest absolute Gasteiger partial charge is 0.433 e. The van der Waals surface area contributed by atoms with Crippen molar-refractivity contribution in [3.05, 3.63) is 65.4 Å². The number of nitrogens with one attached hydrogen (secondary N) is 1. The van der Waals surface area contributed by atoms with Crippen LogP contribution in [0.4, 0.5) is 18.0 Å². The monoisotopic (exact) mass is 493 g/mol. The maximum Gasteiger partial charge on any atom is 0.433 e. The van der Waals surface area contributed by atoms with Crippen LogP contribution in [0, 0.1) is 0 Å². The lowest BCUT2D eigenvalue weighted by Gasteiger charge is -2.20. The minimum Gasteiger partial charge on any atom is -0.444 e. The Morgan fingerprint density at radius 1 is 1.06 bits per heavy atom. The molecule has 190 valence electrons. The number of pyridine rings is 1. The molecule has 0 saturated heterocycles. The Hall–Kier alpha value is -3.56. The molecule has 2 amide bonds. The van der Waals surface area contributed by atoms with E-state index in [0.717, 1.165) is 6.07 Å². The number of nitrogens with zero attached hydrogens (tertiary/aromatic N) is 2. The van der Waals surface area contributed by atoms with Crippen molar-refractivity contribution < 1.29 is 32.2 Å². The van der Waals surface area contributed by atoms with Crippen LogP contribution in [0.25, 0.3) is 0 Å². The number of ether oxygens (including phenoxy) is 2. The predicted molar refractivity (Wildman–Crippen MR) is 125 cm³/mol. The maximum absolute atomic E-state index is 13.4. The van der Waals surface area contributed by atoms with Gasteiger partial charge in [0.25, 0.3) is 5.91 Å². The van der Waals surface area contributed by atoms with Gasteiger partial charge >= 0.3 is 12.3 Å². The zero-order chi connectivity index (χ0) is 26.2. The number of carbonyl (C=O) groups excluding carboxylic acids is 2. The quantitative estimate of drug-likeness (QED) is 0.520. The first-order chi connectivity index (χ1) is 16.4. The molecular formula is C25H30F3N3O4. The van der Waals surface area contributed by atoms with E-state index in [1.54, 1.807) is 37.8 Å². The van der Waals surface area contributed by atoms with Crippen LogP contribution in [-0.4, -0.2) is 40.6 Å². The number of hydrogen-bond donors (Lipinski definition) is 1. The molecule has 2 aromatic rings. The average Bonchev–Trinajstić information content (AvgIpc) is 3.32. The summed E-state index contributed by atoms with van der Waals surface area (Å²) in [5.74, 6) is -0.381. The van der Waals surface area contributed by atoms with Crippen LogP contribution in [0.5, 0.6) is 11.6 Å². The zero-order valence-electron chi connectivity index (χ0n) is 20.4. The molecule has 10 heteroatoms. The fraction of sp³-hybridized carbons (Fsp3) is 0.400. The van der Waals surface area contributed by atoms with Gasteiger partial charge in [-0.15, -0.1) is 0 Å². The first-order valence-electron chi connectivity index (χ1n) is 11.2. The summed E-state index contributed by atoms with van der Waals surface area (Å²) < 4.78 is 50.7. The number of halogens is 3. The molecule has 0 atom stereocenters. The number of aromatic nitrogens is 1. The summed E-state index contributed by atoms with van der Waals surface area (Å²) >= 11 is 0. The molecule has 0 fully saturated rings. The highest BCUT2D eigenvalue weighted by atomic mass is 19.4. The second kappa shape index (κ2) is 11.7. The number of hydrogen-bond acceptors (Lipinski definition) is 5. The molecule has 1 aromatic carbocycles. The molecule has 0 saturated carbocycles. The summed E-state index contributed by atoms with van der Waals surface area (Å²) in [6.07, 6.45) is -1.74. The van der Waals surface area contributed by atoms with E-state index in [-0.39, 0.29) is 29.6 Å². The lowest BCUT2D eigenvalue weighted by Crippen LogP contribution is -2.32. The van der Waals surface area contributed by atoms with Gasteiger partial charge in [-0.25, -0.2) is 9.78 Å². The van der Waals surface area contributed by atoms with Gasteiger partial charge in [0.2, 0.25) is 5.88 Å². The Labute approximate surface area is 202 Å². The van der Waals surface area contributed by atoms with Gasteiger partial charge in [0.15, 0.2) is 0 Å². The van der Waals surface area contributed by atoms with E-state index in [9.17, 15) is 22.8 Å². The largest absolute Gasteiger partial charge is 0.444 e. The minimum absolute atomic E-state index is 0.119. The van der Waals surface area contributed by atoms with Gasteiger partial charge in [-0.3, -0.25) is 4.79 Å². The molecule has 3 rings (SSSR count). The van der Waals surface area contributed by atoms with E-state index in [2.05, 4.69) is 10.3 Å². The SMILES string of the molecule is CC.CC(C)(C)OC(=O)NCc1cc(Oc2cccc(C(=O)N3CC=CC3)c2)nc(C(F)(F)F)c1. The molecule has 1 aromatic heterocycles. The van der Waals surface area contributed by atoms with Crippen LogP contribution in [0.15, 0.2) is 48.6 Å². The highest BCUT2D eigenvalue weighted by Gasteiger charge is 2.33. The van der Waals surface area contributed by atoms with Crippen LogP contribution in [0.2, 0.25) is 0 Å². The van der Waals surface area contributed by atoms with Crippen LogP contribution in [-0.2, 0) is 17.5 Å². The molecule has 1 aliphatic rings. The van der Waals surface area contributed by atoms with Crippen LogP contribution < -0.4 is 10.1 Å². The Bertz CT molecular complexity index is 1050. The van der Waals surface area contributed by atoms with E-state index in [0.29, 0.717) is 18.7 Å². The van der Waals surface area contributed by atoms with Gasteiger partial charge in [0, 0.05) is 31.3 Å². The molecule has 0 aliphatic carbocycles. The van der Waals surface area contributed by atoms with Gasteiger partial charge in [-0.1, -0.05) is 32.1 Å². The third-order valence-electron chi connectivity index (χ3n) is 4.40. The summed E-state index contributed by atoms with van der Waals surface area (Å²) in [6, 6.07) is 8.24. The molecule has 2 heterocycles. The average molecular weight is 494 g/mol. The van der Waals surface area contributed by atoms with Crippen molar-refractivity contribution in [3.63, 3.8) is 0 Å². The fourth-order valence-corrected chi connectivity index (χ4v) is 2.99. The summed E-state index contributed by atoms with van der Waals surface area (Å²) in [4.78, 5) is 29.6. The van der Waals surface area contributed by atoms with Gasteiger partial charge in [0.1, 0.15) is 17.0 Å². The lowest BCUT2D eigenvalue weighted by atomic mass is 10.2. The Kier molecular flexibility index (Phi) is 9.27. The Balaban J connectivity index is 0.00000210. The summed E-state index contributed by atoms with van der Waals surface area (Å²) in [5, 5.41) is 2.41. The number of alkyl halides is 3. The summed E-state index contributed by atoms with van der Waals surface area (Å²) in [6.45, 7) is 9.78.